The summed E-state index contributed by atoms with van der Waals surface area (Å²) in [7, 11) is 0. The van der Waals surface area contributed by atoms with Crippen LogP contribution in [0.2, 0.25) is 5.02 Å². The molecule has 0 bridgehead atoms. The third kappa shape index (κ3) is 8.84. The number of aliphatic hydroxyl groups excluding tert-OH is 1. The smallest absolute Gasteiger partial charge is 0.233 e. The largest absolute Gasteiger partial charge is 0.489 e. The minimum absolute atomic E-state index is 0.0107. The van der Waals surface area contributed by atoms with Crippen LogP contribution in [0.15, 0.2) is 40.6 Å². The molecule has 1 unspecified atom stereocenters. The van der Waals surface area contributed by atoms with Crippen molar-refractivity contribution in [2.24, 2.45) is 10.2 Å². The summed E-state index contributed by atoms with van der Waals surface area (Å²) in [5, 5.41) is 39.0. The van der Waals surface area contributed by atoms with Gasteiger partial charge in [-0.2, -0.15) is 10.4 Å². The highest BCUT2D eigenvalue weighted by Crippen LogP contribution is 2.23. The normalized spacial score (nSPS) is 12.7. The highest BCUT2D eigenvalue weighted by molar-refractivity contribution is 6.30. The van der Waals surface area contributed by atoms with Gasteiger partial charge in [0.15, 0.2) is 5.82 Å². The Morgan fingerprint density at radius 2 is 2.00 bits per heavy atom. The van der Waals surface area contributed by atoms with Crippen LogP contribution in [-0.2, 0) is 0 Å². The molecule has 2 aromatic rings. The highest BCUT2D eigenvalue weighted by atomic mass is 35.5. The van der Waals surface area contributed by atoms with E-state index in [1.165, 1.54) is 0 Å². The van der Waals surface area contributed by atoms with Crippen LogP contribution < -0.4 is 14.8 Å². The fraction of sp³-hybridized carbons (Fsp3) is 0.476. The van der Waals surface area contributed by atoms with Crippen LogP contribution in [0.3, 0.4) is 0 Å². The zero-order valence-electron chi connectivity index (χ0n) is 18.0. The number of aromatic nitrogens is 2. The Morgan fingerprint density at radius 3 is 2.65 bits per heavy atom. The van der Waals surface area contributed by atoms with E-state index in [0.29, 0.717) is 34.6 Å². The number of nitrogens with one attached hydrogen (secondary N) is 1. The minimum atomic E-state index is -0.796. The number of ether oxygens (including phenoxy) is 2. The Labute approximate surface area is 187 Å². The third-order valence-electron chi connectivity index (χ3n) is 3.91. The first-order valence-corrected chi connectivity index (χ1v) is 10.2. The van der Waals surface area contributed by atoms with Crippen molar-refractivity contribution in [1.29, 1.82) is 5.26 Å². The molecule has 166 valence electrons. The molecule has 0 spiro atoms. The Kier molecular flexibility index (Phi) is 9.12. The van der Waals surface area contributed by atoms with E-state index in [2.05, 4.69) is 25.7 Å². The molecule has 1 heterocycles. The van der Waals surface area contributed by atoms with E-state index in [1.807, 2.05) is 33.8 Å². The van der Waals surface area contributed by atoms with Gasteiger partial charge in [-0.25, -0.2) is 0 Å². The number of halogens is 1. The Hall–Kier alpha value is -2.80. The molecule has 0 saturated carbocycles. The van der Waals surface area contributed by atoms with Crippen molar-refractivity contribution < 1.29 is 14.6 Å². The summed E-state index contributed by atoms with van der Waals surface area (Å²) in [6.45, 7) is 8.29. The topological polar surface area (TPSA) is 125 Å². The molecule has 0 aliphatic rings. The van der Waals surface area contributed by atoms with Gasteiger partial charge in [-0.1, -0.05) is 11.6 Å². The maximum atomic E-state index is 10.2. The van der Waals surface area contributed by atoms with E-state index < -0.39 is 11.6 Å². The number of benzene rings is 1. The van der Waals surface area contributed by atoms with Gasteiger partial charge in [0.2, 0.25) is 5.88 Å². The summed E-state index contributed by atoms with van der Waals surface area (Å²) in [5.74, 6) is 1.12. The second-order valence-corrected chi connectivity index (χ2v) is 8.25. The zero-order valence-corrected chi connectivity index (χ0v) is 18.8. The van der Waals surface area contributed by atoms with Gasteiger partial charge in [0.1, 0.15) is 31.1 Å². The number of hydrogen-bond acceptors (Lipinski definition) is 9. The summed E-state index contributed by atoms with van der Waals surface area (Å²) in [5.41, 5.74) is -0.0943. The van der Waals surface area contributed by atoms with Crippen LogP contribution in [-0.4, -0.2) is 52.7 Å². The average Bonchev–Trinajstić information content (AvgIpc) is 2.74. The van der Waals surface area contributed by atoms with E-state index in [9.17, 15) is 5.11 Å². The van der Waals surface area contributed by atoms with Crippen molar-refractivity contribution in [2.75, 3.05) is 19.8 Å². The lowest BCUT2D eigenvalue weighted by molar-refractivity contribution is 0.0921. The number of β-amino-alcohol motifs (C(OH)–C–C–N with tert-alkyl or cyclic N) is 1. The lowest BCUT2D eigenvalue weighted by atomic mass is 10.1. The van der Waals surface area contributed by atoms with Gasteiger partial charge in [0.25, 0.3) is 0 Å². The quantitative estimate of drug-likeness (QED) is 0.504. The molecule has 0 saturated heterocycles. The first-order valence-electron chi connectivity index (χ1n) is 9.81. The summed E-state index contributed by atoms with van der Waals surface area (Å²) in [4.78, 5) is 0. The average molecular weight is 447 g/mol. The molecule has 0 radical (unpaired) electrons. The van der Waals surface area contributed by atoms with Crippen molar-refractivity contribution in [3.63, 3.8) is 0 Å². The minimum Gasteiger partial charge on any atom is -0.489 e. The maximum Gasteiger partial charge on any atom is 0.233 e. The maximum absolute atomic E-state index is 10.2. The molecule has 2 rings (SSSR count). The molecule has 1 aromatic heterocycles. The molecular formula is C21H27ClN6O3. The number of nitrogens with zero attached hydrogens (tertiary/aromatic N) is 5. The summed E-state index contributed by atoms with van der Waals surface area (Å²) in [6.07, 6.45) is -0.796. The van der Waals surface area contributed by atoms with Crippen LogP contribution in [0, 0.1) is 11.3 Å². The van der Waals surface area contributed by atoms with Gasteiger partial charge in [0, 0.05) is 29.2 Å². The standard InChI is InChI=1S/C21H27ClN6O3/c1-14(2)25-26-19-7-8-20(28-27-19)31-13-21(3,4)24-11-17(29)12-30-18-9-16(22)6-5-15(18)10-23/h5-9,14,17,24,29H,11-13H2,1-4H3. The van der Waals surface area contributed by atoms with Gasteiger partial charge in [-0.05, 0) is 45.9 Å². The number of aliphatic hydroxyl groups is 1. The molecule has 2 N–H and O–H groups in total. The van der Waals surface area contributed by atoms with E-state index in [0.717, 1.165) is 0 Å². The number of hydrogen-bond donors (Lipinski definition) is 2. The van der Waals surface area contributed by atoms with Crippen LogP contribution in [0.5, 0.6) is 11.6 Å². The summed E-state index contributed by atoms with van der Waals surface area (Å²) < 4.78 is 11.2. The van der Waals surface area contributed by atoms with Crippen molar-refractivity contribution in [3.05, 3.63) is 40.9 Å². The summed E-state index contributed by atoms with van der Waals surface area (Å²) >= 11 is 5.93. The molecule has 0 fully saturated rings. The molecule has 9 nitrogen and oxygen atoms in total. The molecular weight excluding hydrogens is 420 g/mol. The molecule has 1 aromatic carbocycles. The Morgan fingerprint density at radius 1 is 1.23 bits per heavy atom. The second kappa shape index (κ2) is 11.6. The number of rotatable bonds is 11. The van der Waals surface area contributed by atoms with Gasteiger partial charge < -0.3 is 19.9 Å². The Balaban J connectivity index is 1.78. The monoisotopic (exact) mass is 446 g/mol. The van der Waals surface area contributed by atoms with E-state index >= 15 is 0 Å². The second-order valence-electron chi connectivity index (χ2n) is 7.81. The molecule has 0 amide bonds. The fourth-order valence-corrected chi connectivity index (χ4v) is 2.43. The predicted octanol–water partition coefficient (Wildman–Crippen LogP) is 3.68. The highest BCUT2D eigenvalue weighted by Gasteiger charge is 2.20. The molecule has 0 aliphatic carbocycles. The van der Waals surface area contributed by atoms with Crippen molar-refractivity contribution >= 4 is 17.4 Å². The van der Waals surface area contributed by atoms with Crippen LogP contribution in [0.1, 0.15) is 33.3 Å². The van der Waals surface area contributed by atoms with E-state index in [-0.39, 0.29) is 19.2 Å². The van der Waals surface area contributed by atoms with Gasteiger partial charge >= 0.3 is 0 Å². The third-order valence-corrected chi connectivity index (χ3v) is 4.14. The Bertz CT molecular complexity index is 912. The molecule has 31 heavy (non-hydrogen) atoms. The first kappa shape index (κ1) is 24.5. The zero-order chi connectivity index (χ0) is 22.9. The van der Waals surface area contributed by atoms with Gasteiger partial charge in [0.05, 0.1) is 11.6 Å². The predicted molar refractivity (Wildman–Crippen MR) is 117 cm³/mol. The van der Waals surface area contributed by atoms with Crippen LogP contribution in [0.25, 0.3) is 0 Å². The summed E-state index contributed by atoms with van der Waals surface area (Å²) in [6, 6.07) is 10.2. The van der Waals surface area contributed by atoms with E-state index in [1.54, 1.807) is 30.3 Å². The van der Waals surface area contributed by atoms with Gasteiger partial charge in [-0.3, -0.25) is 0 Å². The van der Waals surface area contributed by atoms with E-state index in [4.69, 9.17) is 26.3 Å². The van der Waals surface area contributed by atoms with Crippen molar-refractivity contribution in [1.82, 2.24) is 15.5 Å². The lowest BCUT2D eigenvalue weighted by Gasteiger charge is -2.27. The SMILES string of the molecule is CC(C)N=Nc1ccc(OCC(C)(C)NCC(O)COc2cc(Cl)ccc2C#N)nn1. The van der Waals surface area contributed by atoms with Crippen LogP contribution >= 0.6 is 11.6 Å². The lowest BCUT2D eigenvalue weighted by Crippen LogP contribution is -2.48. The van der Waals surface area contributed by atoms with Crippen molar-refractivity contribution in [2.45, 2.75) is 45.4 Å². The number of nitriles is 1. The van der Waals surface area contributed by atoms with Crippen molar-refractivity contribution in [3.8, 4) is 17.7 Å². The van der Waals surface area contributed by atoms with Gasteiger partial charge in [-0.15, -0.1) is 15.3 Å². The first-order chi connectivity index (χ1) is 14.7. The fourth-order valence-electron chi connectivity index (χ4n) is 2.27. The molecule has 1 atom stereocenters. The van der Waals surface area contributed by atoms with Crippen LogP contribution in [0.4, 0.5) is 5.82 Å². The molecule has 10 heteroatoms. The number of azo groups is 1. The molecule has 0 aliphatic heterocycles.